The highest BCUT2D eigenvalue weighted by atomic mass is 35.5. The minimum absolute atomic E-state index is 0.0795. The molecule has 202 valence electrons. The van der Waals surface area contributed by atoms with E-state index >= 15 is 0 Å². The van der Waals surface area contributed by atoms with Gasteiger partial charge in [-0.3, -0.25) is 9.69 Å². The molecular formula is C28H27ClF4N2O3. The number of benzene rings is 3. The third kappa shape index (κ3) is 7.03. The minimum atomic E-state index is -4.39. The number of ether oxygens (including phenoxy) is 2. The van der Waals surface area contributed by atoms with Gasteiger partial charge in [-0.05, 0) is 53.6 Å². The number of hydrogen-bond donors (Lipinski definition) is 0. The summed E-state index contributed by atoms with van der Waals surface area (Å²) in [7, 11) is 1.36. The summed E-state index contributed by atoms with van der Waals surface area (Å²) >= 11 is 6.04. The van der Waals surface area contributed by atoms with E-state index in [1.807, 2.05) is 12.1 Å². The molecule has 38 heavy (non-hydrogen) atoms. The molecule has 1 amide bonds. The molecule has 0 radical (unpaired) electrons. The van der Waals surface area contributed by atoms with Crippen molar-refractivity contribution in [3.05, 3.63) is 99.8 Å². The number of hydrogen-bond acceptors (Lipinski definition) is 4. The van der Waals surface area contributed by atoms with Gasteiger partial charge in [0.05, 0.1) is 25.4 Å². The maximum Gasteiger partial charge on any atom is 0.416 e. The van der Waals surface area contributed by atoms with Gasteiger partial charge in [0.2, 0.25) is 0 Å². The van der Waals surface area contributed by atoms with Crippen molar-refractivity contribution in [3.8, 4) is 5.75 Å². The van der Waals surface area contributed by atoms with E-state index in [1.54, 1.807) is 23.1 Å². The monoisotopic (exact) mass is 550 g/mol. The van der Waals surface area contributed by atoms with Crippen LogP contribution in [0.1, 0.15) is 33.2 Å². The lowest BCUT2D eigenvalue weighted by Gasteiger charge is -2.36. The summed E-state index contributed by atoms with van der Waals surface area (Å²) in [4.78, 5) is 16.7. The molecule has 3 aromatic carbocycles. The van der Waals surface area contributed by atoms with Crippen LogP contribution in [0.4, 0.5) is 17.6 Å². The number of rotatable bonds is 8. The Kier molecular flexibility index (Phi) is 8.91. The van der Waals surface area contributed by atoms with Crippen LogP contribution >= 0.6 is 11.6 Å². The largest absolute Gasteiger partial charge is 0.494 e. The molecule has 0 bridgehead atoms. The predicted molar refractivity (Wildman–Crippen MR) is 136 cm³/mol. The number of piperazine rings is 1. The summed E-state index contributed by atoms with van der Waals surface area (Å²) in [5, 5.41) is 0.581. The van der Waals surface area contributed by atoms with Crippen LogP contribution in [-0.2, 0) is 17.5 Å². The van der Waals surface area contributed by atoms with Gasteiger partial charge in [-0.15, -0.1) is 0 Å². The topological polar surface area (TPSA) is 42.0 Å². The van der Waals surface area contributed by atoms with E-state index in [0.717, 1.165) is 17.7 Å². The molecule has 5 nitrogen and oxygen atoms in total. The Labute approximate surface area is 223 Å². The molecular weight excluding hydrogens is 524 g/mol. The molecule has 1 aliphatic rings. The molecule has 0 N–H and O–H groups in total. The quantitative estimate of drug-likeness (QED) is 0.312. The molecule has 0 spiro atoms. The maximum absolute atomic E-state index is 14.1. The molecule has 1 fully saturated rings. The summed E-state index contributed by atoms with van der Waals surface area (Å²) in [6.45, 7) is 2.72. The lowest BCUT2D eigenvalue weighted by atomic mass is 10.1. The highest BCUT2D eigenvalue weighted by Crippen LogP contribution is 2.30. The van der Waals surface area contributed by atoms with E-state index in [2.05, 4.69) is 4.90 Å². The van der Waals surface area contributed by atoms with Gasteiger partial charge in [0.25, 0.3) is 5.91 Å². The zero-order valence-electron chi connectivity index (χ0n) is 20.7. The molecule has 1 aliphatic heterocycles. The van der Waals surface area contributed by atoms with Crippen molar-refractivity contribution in [2.45, 2.75) is 18.9 Å². The van der Waals surface area contributed by atoms with Crippen molar-refractivity contribution < 1.29 is 31.8 Å². The Morgan fingerprint density at radius 2 is 1.63 bits per heavy atom. The number of alkyl halides is 3. The van der Waals surface area contributed by atoms with Gasteiger partial charge in [0, 0.05) is 43.3 Å². The third-order valence-electron chi connectivity index (χ3n) is 6.46. The van der Waals surface area contributed by atoms with Crippen LogP contribution in [-0.4, -0.2) is 55.5 Å². The second-order valence-electron chi connectivity index (χ2n) is 8.99. The van der Waals surface area contributed by atoms with Crippen LogP contribution in [0.25, 0.3) is 0 Å². The Morgan fingerprint density at radius 1 is 0.974 bits per heavy atom. The van der Waals surface area contributed by atoms with Gasteiger partial charge in [0.15, 0.2) is 11.6 Å². The molecule has 0 saturated carbocycles. The highest BCUT2D eigenvalue weighted by Gasteiger charge is 2.30. The summed E-state index contributed by atoms with van der Waals surface area (Å²) < 4.78 is 63.8. The fourth-order valence-electron chi connectivity index (χ4n) is 4.27. The second kappa shape index (κ2) is 12.1. The molecule has 1 unspecified atom stereocenters. The van der Waals surface area contributed by atoms with Crippen LogP contribution in [0.5, 0.6) is 5.75 Å². The smallest absolute Gasteiger partial charge is 0.416 e. The van der Waals surface area contributed by atoms with Gasteiger partial charge in [0.1, 0.15) is 0 Å². The van der Waals surface area contributed by atoms with Gasteiger partial charge >= 0.3 is 6.18 Å². The number of amides is 1. The van der Waals surface area contributed by atoms with Crippen LogP contribution in [0.3, 0.4) is 0 Å². The van der Waals surface area contributed by atoms with Crippen LogP contribution < -0.4 is 4.74 Å². The standard InChI is InChI=1S/C28H27ClF4N2O3/c1-37-25-11-6-21(16-24(25)30)27(36)35-14-12-34(13-15-35)17-26(20-4-9-23(29)10-5-20)38-18-19-2-7-22(8-3-19)28(31,32)33/h2-11,16,26H,12-15,17-18H2,1H3. The predicted octanol–water partition coefficient (Wildman–Crippen LogP) is 6.22. The molecule has 1 heterocycles. The van der Waals surface area contributed by atoms with Crippen LogP contribution in [0, 0.1) is 5.82 Å². The summed E-state index contributed by atoms with van der Waals surface area (Å²) in [5.41, 5.74) is 1.06. The first kappa shape index (κ1) is 27.9. The minimum Gasteiger partial charge on any atom is -0.494 e. The Bertz CT molecular complexity index is 1230. The molecule has 3 aromatic rings. The zero-order valence-corrected chi connectivity index (χ0v) is 21.4. The normalized spacial score (nSPS) is 15.4. The van der Waals surface area contributed by atoms with Gasteiger partial charge in [-0.2, -0.15) is 13.2 Å². The SMILES string of the molecule is COc1ccc(C(=O)N2CCN(CC(OCc3ccc(C(F)(F)F)cc3)c3ccc(Cl)cc3)CC2)cc1F. The lowest BCUT2D eigenvalue weighted by Crippen LogP contribution is -2.49. The van der Waals surface area contributed by atoms with Gasteiger partial charge in [-0.25, -0.2) is 4.39 Å². The number of nitrogens with zero attached hydrogens (tertiary/aromatic N) is 2. The molecule has 1 saturated heterocycles. The van der Waals surface area contributed by atoms with Crippen molar-refractivity contribution in [1.29, 1.82) is 0 Å². The van der Waals surface area contributed by atoms with Crippen LogP contribution in [0.2, 0.25) is 5.02 Å². The highest BCUT2D eigenvalue weighted by molar-refractivity contribution is 6.30. The number of carbonyl (C=O) groups is 1. The number of halogens is 5. The van der Waals surface area contributed by atoms with E-state index in [-0.39, 0.29) is 29.9 Å². The van der Waals surface area contributed by atoms with Crippen molar-refractivity contribution in [2.24, 2.45) is 0 Å². The van der Waals surface area contributed by atoms with Gasteiger partial charge < -0.3 is 14.4 Å². The fraction of sp³-hybridized carbons (Fsp3) is 0.321. The molecule has 0 aromatic heterocycles. The number of carbonyl (C=O) groups excluding carboxylic acids is 1. The summed E-state index contributed by atoms with van der Waals surface area (Å²) in [6.07, 6.45) is -4.76. The van der Waals surface area contributed by atoms with E-state index in [0.29, 0.717) is 43.3 Å². The first-order valence-electron chi connectivity index (χ1n) is 12.0. The Morgan fingerprint density at radius 3 is 2.21 bits per heavy atom. The fourth-order valence-corrected chi connectivity index (χ4v) is 4.39. The average molecular weight is 551 g/mol. The van der Waals surface area contributed by atoms with E-state index in [4.69, 9.17) is 21.1 Å². The first-order chi connectivity index (χ1) is 18.1. The van der Waals surface area contributed by atoms with E-state index in [1.165, 1.54) is 31.4 Å². The Hall–Kier alpha value is -3.14. The zero-order chi connectivity index (χ0) is 27.3. The molecule has 0 aliphatic carbocycles. The molecule has 10 heteroatoms. The lowest BCUT2D eigenvalue weighted by molar-refractivity contribution is -0.137. The van der Waals surface area contributed by atoms with Crippen molar-refractivity contribution >= 4 is 17.5 Å². The van der Waals surface area contributed by atoms with Crippen molar-refractivity contribution in [1.82, 2.24) is 9.80 Å². The third-order valence-corrected chi connectivity index (χ3v) is 6.71. The molecule has 4 rings (SSSR count). The maximum atomic E-state index is 14.1. The van der Waals surface area contributed by atoms with Crippen molar-refractivity contribution in [2.75, 3.05) is 39.8 Å². The first-order valence-corrected chi connectivity index (χ1v) is 12.4. The van der Waals surface area contributed by atoms with E-state index in [9.17, 15) is 22.4 Å². The van der Waals surface area contributed by atoms with Crippen molar-refractivity contribution in [3.63, 3.8) is 0 Å². The van der Waals surface area contributed by atoms with Gasteiger partial charge in [-0.1, -0.05) is 35.9 Å². The second-order valence-corrected chi connectivity index (χ2v) is 9.42. The average Bonchev–Trinajstić information content (AvgIpc) is 2.91. The van der Waals surface area contributed by atoms with E-state index < -0.39 is 17.6 Å². The summed E-state index contributed by atoms with van der Waals surface area (Å²) in [5.74, 6) is -0.761. The Balaban J connectivity index is 1.38. The molecule has 1 atom stereocenters. The number of methoxy groups -OCH3 is 1. The summed E-state index contributed by atoms with van der Waals surface area (Å²) in [6, 6.07) is 16.3. The van der Waals surface area contributed by atoms with Crippen LogP contribution in [0.15, 0.2) is 66.7 Å².